The molecule has 186 valence electrons. The van der Waals surface area contributed by atoms with E-state index in [0.29, 0.717) is 14.5 Å². The molecular formula is C23H11Br3I2O7S. The molecule has 0 aliphatic heterocycles. The van der Waals surface area contributed by atoms with E-state index in [0.717, 1.165) is 4.47 Å². The standard InChI is InChI=1S/C23H11Br3I2O7S/c1-2-3-11-4-5-14(22(29)35-20-16(25)7-12(24)8-17(20)26)15(6-11)23(30)34-13-9-18(27)21(19(28)10-13)36(31,32)33/h4-10H,1H3,(H,31,32,33). The molecule has 3 aromatic carbocycles. The molecule has 0 bridgehead atoms. The highest BCUT2D eigenvalue weighted by Crippen LogP contribution is 2.37. The van der Waals surface area contributed by atoms with E-state index in [2.05, 4.69) is 59.6 Å². The van der Waals surface area contributed by atoms with Gasteiger partial charge in [0.1, 0.15) is 10.6 Å². The van der Waals surface area contributed by atoms with E-state index in [1.165, 1.54) is 24.3 Å². The Morgan fingerprint density at radius 2 is 1.44 bits per heavy atom. The maximum atomic E-state index is 13.2. The third kappa shape index (κ3) is 7.08. The van der Waals surface area contributed by atoms with Gasteiger partial charge in [-0.2, -0.15) is 8.42 Å². The van der Waals surface area contributed by atoms with E-state index in [1.807, 2.05) is 0 Å². The molecule has 36 heavy (non-hydrogen) atoms. The molecule has 0 saturated heterocycles. The maximum absolute atomic E-state index is 13.2. The highest BCUT2D eigenvalue weighted by Gasteiger charge is 2.25. The molecular weight excluding hydrogens is 914 g/mol. The third-order valence-corrected chi connectivity index (χ3v) is 9.35. The van der Waals surface area contributed by atoms with Crippen LogP contribution in [0.5, 0.6) is 11.5 Å². The van der Waals surface area contributed by atoms with Crippen molar-refractivity contribution in [2.24, 2.45) is 0 Å². The van der Waals surface area contributed by atoms with Crippen LogP contribution in [0.3, 0.4) is 0 Å². The van der Waals surface area contributed by atoms with E-state index in [4.69, 9.17) is 9.47 Å². The molecule has 7 nitrogen and oxygen atoms in total. The van der Waals surface area contributed by atoms with Crippen LogP contribution in [0.25, 0.3) is 0 Å². The zero-order valence-electron chi connectivity index (χ0n) is 17.7. The zero-order valence-corrected chi connectivity index (χ0v) is 27.6. The average Bonchev–Trinajstić information content (AvgIpc) is 2.74. The van der Waals surface area contributed by atoms with Crippen LogP contribution in [-0.2, 0) is 10.1 Å². The average molecular weight is 925 g/mol. The summed E-state index contributed by atoms with van der Waals surface area (Å²) in [4.78, 5) is 26.0. The van der Waals surface area contributed by atoms with Crippen molar-refractivity contribution in [2.45, 2.75) is 11.8 Å². The van der Waals surface area contributed by atoms with Gasteiger partial charge in [-0.3, -0.25) is 4.55 Å². The van der Waals surface area contributed by atoms with Crippen LogP contribution >= 0.6 is 93.0 Å². The number of halogens is 5. The van der Waals surface area contributed by atoms with E-state index in [-0.39, 0.29) is 34.7 Å². The Hall–Kier alpha value is -1.03. The molecule has 0 radical (unpaired) electrons. The van der Waals surface area contributed by atoms with Gasteiger partial charge in [0.2, 0.25) is 0 Å². The maximum Gasteiger partial charge on any atom is 0.344 e. The minimum absolute atomic E-state index is 0.0193. The number of ether oxygens (including phenoxy) is 2. The fourth-order valence-electron chi connectivity index (χ4n) is 2.89. The summed E-state index contributed by atoms with van der Waals surface area (Å²) in [5.74, 6) is 4.08. The van der Waals surface area contributed by atoms with Crippen LogP contribution in [0, 0.1) is 19.0 Å². The number of rotatable bonds is 5. The van der Waals surface area contributed by atoms with E-state index >= 15 is 0 Å². The van der Waals surface area contributed by atoms with Gasteiger partial charge in [0.25, 0.3) is 10.1 Å². The van der Waals surface area contributed by atoms with Gasteiger partial charge < -0.3 is 9.47 Å². The van der Waals surface area contributed by atoms with Crippen LogP contribution in [0.1, 0.15) is 33.2 Å². The molecule has 0 spiro atoms. The minimum atomic E-state index is -4.47. The third-order valence-electron chi connectivity index (χ3n) is 4.33. The second-order valence-corrected chi connectivity index (χ2v) is 13.1. The Bertz CT molecular complexity index is 1530. The van der Waals surface area contributed by atoms with Crippen LogP contribution in [0.4, 0.5) is 0 Å². The number of esters is 2. The zero-order chi connectivity index (χ0) is 26.8. The van der Waals surface area contributed by atoms with Crippen molar-refractivity contribution in [3.63, 3.8) is 0 Å². The summed E-state index contributed by atoms with van der Waals surface area (Å²) in [6, 6.07) is 10.4. The summed E-state index contributed by atoms with van der Waals surface area (Å²) in [7, 11) is -4.47. The smallest absolute Gasteiger partial charge is 0.344 e. The van der Waals surface area contributed by atoms with Crippen molar-refractivity contribution >= 4 is 115 Å². The summed E-state index contributed by atoms with van der Waals surface area (Å²) in [6.07, 6.45) is 0. The fraction of sp³-hybridized carbons (Fsp3) is 0.0435. The minimum Gasteiger partial charge on any atom is -0.423 e. The van der Waals surface area contributed by atoms with Crippen LogP contribution in [-0.4, -0.2) is 24.9 Å². The largest absolute Gasteiger partial charge is 0.423 e. The van der Waals surface area contributed by atoms with E-state index in [1.54, 1.807) is 70.3 Å². The van der Waals surface area contributed by atoms with Crippen LogP contribution in [0.2, 0.25) is 0 Å². The van der Waals surface area contributed by atoms with Gasteiger partial charge in [0, 0.05) is 17.2 Å². The fourth-order valence-corrected chi connectivity index (χ4v) is 9.30. The first-order valence-corrected chi connectivity index (χ1v) is 15.4. The molecule has 13 heteroatoms. The Balaban J connectivity index is 2.02. The molecule has 0 aromatic heterocycles. The Kier molecular flexibility index (Phi) is 10.0. The summed E-state index contributed by atoms with van der Waals surface area (Å²) in [5.41, 5.74) is 0.300. The molecule has 0 unspecified atom stereocenters. The first kappa shape index (κ1) is 29.5. The lowest BCUT2D eigenvalue weighted by Gasteiger charge is -2.13. The van der Waals surface area contributed by atoms with Gasteiger partial charge >= 0.3 is 11.9 Å². The number of carbonyl (C=O) groups excluding carboxylic acids is 2. The second-order valence-electron chi connectivity index (χ2n) is 6.80. The molecule has 0 aliphatic rings. The van der Waals surface area contributed by atoms with Crippen molar-refractivity contribution in [3.05, 3.63) is 79.7 Å². The first-order valence-electron chi connectivity index (χ1n) is 9.44. The molecule has 1 N–H and O–H groups in total. The summed E-state index contributed by atoms with van der Waals surface area (Å²) in [5, 5.41) is 0. The molecule has 0 fully saturated rings. The molecule has 3 rings (SSSR count). The molecule has 0 heterocycles. The SMILES string of the molecule is CC#Cc1ccc(C(=O)Oc2c(Br)cc(Br)cc2Br)c(C(=O)Oc2cc(I)c(S(=O)(=O)O)c(I)c2)c1. The number of hydrogen-bond donors (Lipinski definition) is 1. The Morgan fingerprint density at radius 3 is 1.97 bits per heavy atom. The summed E-state index contributed by atoms with van der Waals surface area (Å²) >= 11 is 13.5. The first-order chi connectivity index (χ1) is 16.8. The Morgan fingerprint density at radius 1 is 0.889 bits per heavy atom. The van der Waals surface area contributed by atoms with Crippen LogP contribution in [0.15, 0.2) is 60.8 Å². The molecule has 0 saturated carbocycles. The second kappa shape index (κ2) is 12.2. The van der Waals surface area contributed by atoms with Gasteiger partial charge in [-0.05, 0) is 126 Å². The molecule has 3 aromatic rings. The highest BCUT2D eigenvalue weighted by atomic mass is 127. The summed E-state index contributed by atoms with van der Waals surface area (Å²) < 4.78 is 45.8. The molecule has 0 amide bonds. The number of benzene rings is 3. The lowest BCUT2D eigenvalue weighted by atomic mass is 10.0. The van der Waals surface area contributed by atoms with Crippen molar-refractivity contribution in [1.82, 2.24) is 0 Å². The normalized spacial score (nSPS) is 10.9. The van der Waals surface area contributed by atoms with Gasteiger partial charge in [0.15, 0.2) is 5.75 Å². The lowest BCUT2D eigenvalue weighted by molar-refractivity contribution is 0.0690. The summed E-state index contributed by atoms with van der Waals surface area (Å²) in [6.45, 7) is 1.63. The van der Waals surface area contributed by atoms with Crippen LogP contribution < -0.4 is 9.47 Å². The predicted octanol–water partition coefficient (Wildman–Crippen LogP) is 7.24. The van der Waals surface area contributed by atoms with Crippen molar-refractivity contribution < 1.29 is 32.0 Å². The molecule has 0 atom stereocenters. The topological polar surface area (TPSA) is 107 Å². The van der Waals surface area contributed by atoms with Gasteiger partial charge in [0.05, 0.1) is 20.1 Å². The van der Waals surface area contributed by atoms with Crippen molar-refractivity contribution in [2.75, 3.05) is 0 Å². The van der Waals surface area contributed by atoms with Gasteiger partial charge in [-0.1, -0.05) is 21.9 Å². The number of hydrogen-bond acceptors (Lipinski definition) is 6. The van der Waals surface area contributed by atoms with Gasteiger partial charge in [-0.15, -0.1) is 5.92 Å². The van der Waals surface area contributed by atoms with E-state index in [9.17, 15) is 22.6 Å². The lowest BCUT2D eigenvalue weighted by Crippen LogP contribution is -2.18. The van der Waals surface area contributed by atoms with Crippen molar-refractivity contribution in [1.29, 1.82) is 0 Å². The predicted molar refractivity (Wildman–Crippen MR) is 160 cm³/mol. The van der Waals surface area contributed by atoms with Crippen molar-refractivity contribution in [3.8, 4) is 23.3 Å². The number of carbonyl (C=O) groups is 2. The monoisotopic (exact) mass is 922 g/mol. The van der Waals surface area contributed by atoms with E-state index < -0.39 is 22.1 Å². The Labute approximate surface area is 259 Å². The van der Waals surface area contributed by atoms with Gasteiger partial charge in [-0.25, -0.2) is 9.59 Å². The highest BCUT2D eigenvalue weighted by molar-refractivity contribution is 14.1. The molecule has 0 aliphatic carbocycles. The quantitative estimate of drug-likeness (QED) is 0.0947.